The van der Waals surface area contributed by atoms with Crippen LogP contribution in [0.3, 0.4) is 0 Å². The van der Waals surface area contributed by atoms with Crippen LogP contribution in [0.5, 0.6) is 0 Å². The molecule has 0 aromatic heterocycles. The minimum atomic E-state index is -0.961. The predicted octanol–water partition coefficient (Wildman–Crippen LogP) is 5.77. The van der Waals surface area contributed by atoms with E-state index in [1.54, 1.807) is 12.1 Å². The van der Waals surface area contributed by atoms with Crippen LogP contribution >= 0.6 is 0 Å². The zero-order valence-electron chi connectivity index (χ0n) is 24.6. The summed E-state index contributed by atoms with van der Waals surface area (Å²) in [6, 6.07) is 23.0. The Hall–Kier alpha value is -4.17. The maximum absolute atomic E-state index is 12.9. The summed E-state index contributed by atoms with van der Waals surface area (Å²) >= 11 is 0. The molecular weight excluding hydrogens is 528 g/mol. The number of anilines is 1. The lowest BCUT2D eigenvalue weighted by atomic mass is 9.86. The number of carboxylic acids is 1. The van der Waals surface area contributed by atoms with Gasteiger partial charge in [0.15, 0.2) is 5.84 Å². The number of hydroxylamine groups is 1. The molecule has 8 nitrogen and oxygen atoms in total. The fourth-order valence-electron chi connectivity index (χ4n) is 5.42. The van der Waals surface area contributed by atoms with Crippen molar-refractivity contribution in [3.8, 4) is 0 Å². The second-order valence-electron chi connectivity index (χ2n) is 12.2. The highest BCUT2D eigenvalue weighted by molar-refractivity contribution is 5.99. The van der Waals surface area contributed by atoms with Gasteiger partial charge in [-0.15, -0.1) is 0 Å². The van der Waals surface area contributed by atoms with Crippen LogP contribution in [0.25, 0.3) is 0 Å². The molecule has 2 atom stereocenters. The quantitative estimate of drug-likeness (QED) is 0.303. The van der Waals surface area contributed by atoms with E-state index in [9.17, 15) is 14.7 Å². The van der Waals surface area contributed by atoms with E-state index < -0.39 is 18.2 Å². The largest absolute Gasteiger partial charge is 0.481 e. The van der Waals surface area contributed by atoms with Crippen LogP contribution in [0, 0.1) is 0 Å². The molecule has 0 saturated carbocycles. The smallest absolute Gasteiger partial charge is 0.305 e. The summed E-state index contributed by atoms with van der Waals surface area (Å²) in [7, 11) is 0. The number of hydrogen-bond donors (Lipinski definition) is 3. The topological polar surface area (TPSA) is 103 Å². The number of piperidine rings is 1. The number of carbonyl (C=O) groups excluding carboxylic acids is 1. The van der Waals surface area contributed by atoms with Gasteiger partial charge in [0.2, 0.25) is 6.23 Å². The van der Waals surface area contributed by atoms with E-state index in [-0.39, 0.29) is 17.7 Å². The number of nitrogens with zero attached hydrogens (tertiary/aromatic N) is 2. The van der Waals surface area contributed by atoms with Crippen molar-refractivity contribution < 1.29 is 19.5 Å². The molecule has 2 heterocycles. The minimum absolute atomic E-state index is 0.0160. The van der Waals surface area contributed by atoms with Crippen LogP contribution in [-0.2, 0) is 21.5 Å². The first-order valence-corrected chi connectivity index (χ1v) is 14.7. The maximum Gasteiger partial charge on any atom is 0.305 e. The second-order valence-corrected chi connectivity index (χ2v) is 12.2. The Labute approximate surface area is 247 Å². The number of carbonyl (C=O) groups is 2. The van der Waals surface area contributed by atoms with Crippen LogP contribution in [-0.4, -0.2) is 41.9 Å². The van der Waals surface area contributed by atoms with Gasteiger partial charge in [-0.1, -0.05) is 69.3 Å². The average molecular weight is 569 g/mol. The van der Waals surface area contributed by atoms with Gasteiger partial charge in [0.05, 0.1) is 6.42 Å². The first-order chi connectivity index (χ1) is 20.2. The van der Waals surface area contributed by atoms with Crippen molar-refractivity contribution in [2.45, 2.75) is 70.6 Å². The molecule has 42 heavy (non-hydrogen) atoms. The fourth-order valence-corrected chi connectivity index (χ4v) is 5.42. The van der Waals surface area contributed by atoms with Crippen molar-refractivity contribution in [2.75, 3.05) is 18.0 Å². The molecule has 5 rings (SSSR count). The highest BCUT2D eigenvalue weighted by Gasteiger charge is 2.23. The lowest BCUT2D eigenvalue weighted by Crippen LogP contribution is -2.38. The minimum Gasteiger partial charge on any atom is -0.481 e. The highest BCUT2D eigenvalue weighted by Crippen LogP contribution is 2.27. The Kier molecular flexibility index (Phi) is 8.92. The molecule has 3 aromatic carbocycles. The van der Waals surface area contributed by atoms with Gasteiger partial charge >= 0.3 is 5.97 Å². The highest BCUT2D eigenvalue weighted by atomic mass is 16.7. The fraction of sp³-hybridized carbons (Fsp3) is 0.382. The van der Waals surface area contributed by atoms with Crippen molar-refractivity contribution in [2.24, 2.45) is 4.99 Å². The third kappa shape index (κ3) is 7.36. The molecule has 1 fully saturated rings. The number of rotatable bonds is 9. The first-order valence-electron chi connectivity index (χ1n) is 14.7. The number of carboxylic acid groups (broad SMARTS) is 1. The van der Waals surface area contributed by atoms with Crippen molar-refractivity contribution in [1.82, 2.24) is 10.8 Å². The standard InChI is InChI=1S/C34H40N4O4/c1-34(2,3)27-15-11-25(12-16-27)32(41)35-28(22-30(39)40)21-23-7-9-24(10-8-23)31-36-33(42-37-31)26-13-17-29(18-14-26)38-19-5-4-6-20-38/h7-18,28,33H,4-6,19-22H2,1-3H3,(H,35,41)(H,36,37)(H,39,40). The molecular formula is C34H40N4O4. The normalized spacial score (nSPS) is 17.7. The van der Waals surface area contributed by atoms with Gasteiger partial charge in [0, 0.05) is 41.5 Å². The molecule has 0 aliphatic carbocycles. The maximum atomic E-state index is 12.9. The first kappa shape index (κ1) is 29.3. The van der Waals surface area contributed by atoms with Crippen LogP contribution in [0.15, 0.2) is 77.8 Å². The molecule has 3 aromatic rings. The molecule has 2 aliphatic heterocycles. The number of amidine groups is 1. The Morgan fingerprint density at radius 3 is 2.26 bits per heavy atom. The molecule has 0 radical (unpaired) electrons. The van der Waals surface area contributed by atoms with Gasteiger partial charge in [-0.25, -0.2) is 15.3 Å². The van der Waals surface area contributed by atoms with E-state index >= 15 is 0 Å². The van der Waals surface area contributed by atoms with Gasteiger partial charge < -0.3 is 15.3 Å². The molecule has 8 heteroatoms. The summed E-state index contributed by atoms with van der Waals surface area (Å²) in [5.41, 5.74) is 8.57. The van der Waals surface area contributed by atoms with Crippen molar-refractivity contribution >= 4 is 23.4 Å². The van der Waals surface area contributed by atoms with E-state index in [4.69, 9.17) is 9.83 Å². The Bertz CT molecular complexity index is 1400. The molecule has 0 spiro atoms. The van der Waals surface area contributed by atoms with E-state index in [1.165, 1.54) is 24.9 Å². The van der Waals surface area contributed by atoms with Gasteiger partial charge in [-0.05, 0) is 66.5 Å². The lowest BCUT2D eigenvalue weighted by molar-refractivity contribution is -0.137. The Morgan fingerprint density at radius 1 is 0.976 bits per heavy atom. The third-order valence-electron chi connectivity index (χ3n) is 7.89. The van der Waals surface area contributed by atoms with Crippen molar-refractivity contribution in [3.63, 3.8) is 0 Å². The van der Waals surface area contributed by atoms with Gasteiger partial charge in [0.25, 0.3) is 5.91 Å². The number of hydrogen-bond acceptors (Lipinski definition) is 6. The summed E-state index contributed by atoms with van der Waals surface area (Å²) < 4.78 is 0. The third-order valence-corrected chi connectivity index (χ3v) is 7.89. The number of amides is 1. The predicted molar refractivity (Wildman–Crippen MR) is 165 cm³/mol. The number of aliphatic carboxylic acids is 1. The summed E-state index contributed by atoms with van der Waals surface area (Å²) in [4.78, 5) is 37.4. The summed E-state index contributed by atoms with van der Waals surface area (Å²) in [5, 5.41) is 12.4. The van der Waals surface area contributed by atoms with E-state index in [0.29, 0.717) is 17.8 Å². The van der Waals surface area contributed by atoms with E-state index in [1.807, 2.05) is 36.4 Å². The van der Waals surface area contributed by atoms with E-state index in [0.717, 1.165) is 35.3 Å². The van der Waals surface area contributed by atoms with Crippen LogP contribution in [0.4, 0.5) is 5.69 Å². The molecule has 2 aliphatic rings. The van der Waals surface area contributed by atoms with Crippen LogP contribution in [0.1, 0.15) is 85.3 Å². The van der Waals surface area contributed by atoms with Gasteiger partial charge in [-0.2, -0.15) is 0 Å². The Morgan fingerprint density at radius 2 is 1.64 bits per heavy atom. The van der Waals surface area contributed by atoms with Crippen molar-refractivity contribution in [3.05, 3.63) is 101 Å². The van der Waals surface area contributed by atoms with Gasteiger partial charge in [0.1, 0.15) is 0 Å². The molecule has 1 amide bonds. The molecule has 220 valence electrons. The number of nitrogens with one attached hydrogen (secondary N) is 2. The molecule has 3 N–H and O–H groups in total. The zero-order valence-corrected chi connectivity index (χ0v) is 24.6. The summed E-state index contributed by atoms with van der Waals surface area (Å²) in [6.45, 7) is 8.56. The summed E-state index contributed by atoms with van der Waals surface area (Å²) in [5.74, 6) is -0.604. The van der Waals surface area contributed by atoms with Crippen LogP contribution in [0.2, 0.25) is 0 Å². The average Bonchev–Trinajstić information content (AvgIpc) is 3.48. The lowest BCUT2D eigenvalue weighted by Gasteiger charge is -2.29. The summed E-state index contributed by atoms with van der Waals surface area (Å²) in [6.07, 6.45) is 3.58. The van der Waals surface area contributed by atoms with E-state index in [2.05, 4.69) is 60.7 Å². The number of aliphatic imine (C=N–C) groups is 1. The second kappa shape index (κ2) is 12.8. The van der Waals surface area contributed by atoms with Crippen LogP contribution < -0.4 is 15.7 Å². The Balaban J connectivity index is 1.21. The molecule has 0 bridgehead atoms. The zero-order chi connectivity index (χ0) is 29.7. The van der Waals surface area contributed by atoms with Crippen molar-refractivity contribution in [1.29, 1.82) is 0 Å². The molecule has 1 saturated heterocycles. The van der Waals surface area contributed by atoms with Gasteiger partial charge in [-0.3, -0.25) is 9.59 Å². The monoisotopic (exact) mass is 568 g/mol. The molecule has 2 unspecified atom stereocenters. The SMILES string of the molecule is CC(C)(C)c1ccc(C(=O)NC(CC(=O)O)Cc2ccc(C3=NC(c4ccc(N5CCCCC5)cc4)ON3)cc2)cc1. The number of benzene rings is 3.